The van der Waals surface area contributed by atoms with Crippen molar-refractivity contribution in [2.24, 2.45) is 0 Å². The third-order valence-electron chi connectivity index (χ3n) is 5.55. The Balaban J connectivity index is 1.91. The number of rotatable bonds is 5. The molecule has 8 nitrogen and oxygen atoms in total. The second-order valence-corrected chi connectivity index (χ2v) is 7.23. The number of hydrogen-bond acceptors (Lipinski definition) is 6. The monoisotopic (exact) mass is 433 g/mol. The van der Waals surface area contributed by atoms with Gasteiger partial charge in [-0.3, -0.25) is 4.79 Å². The summed E-state index contributed by atoms with van der Waals surface area (Å²) in [6.45, 7) is 3.86. The molecule has 0 saturated heterocycles. The summed E-state index contributed by atoms with van der Waals surface area (Å²) in [4.78, 5) is 25.4. The summed E-state index contributed by atoms with van der Waals surface area (Å²) in [5.74, 6) is 0.503. The molecule has 164 valence electrons. The Morgan fingerprint density at radius 2 is 1.72 bits per heavy atom. The zero-order chi connectivity index (χ0) is 23.0. The fourth-order valence-electron chi connectivity index (χ4n) is 3.97. The van der Waals surface area contributed by atoms with Gasteiger partial charge in [-0.2, -0.15) is 9.78 Å². The van der Waals surface area contributed by atoms with Gasteiger partial charge in [0.15, 0.2) is 0 Å². The van der Waals surface area contributed by atoms with Crippen LogP contribution in [0.2, 0.25) is 0 Å². The first kappa shape index (κ1) is 21.2. The molecule has 0 aliphatic rings. The zero-order valence-corrected chi connectivity index (χ0v) is 18.5. The first-order chi connectivity index (χ1) is 15.4. The number of benzene rings is 2. The van der Waals surface area contributed by atoms with Crippen LogP contribution in [0.15, 0.2) is 53.5 Å². The fraction of sp³-hybridized carbons (Fsp3) is 0.208. The van der Waals surface area contributed by atoms with Crippen molar-refractivity contribution in [1.29, 1.82) is 0 Å². The summed E-state index contributed by atoms with van der Waals surface area (Å²) in [5, 5.41) is 5.72. The van der Waals surface area contributed by atoms with Crippen LogP contribution in [-0.4, -0.2) is 41.6 Å². The van der Waals surface area contributed by atoms with E-state index in [2.05, 4.69) is 5.10 Å². The number of ether oxygens (including phenoxy) is 3. The number of aromatic nitrogens is 3. The van der Waals surface area contributed by atoms with Gasteiger partial charge in [0.2, 0.25) is 0 Å². The number of aryl methyl sites for hydroxylation is 2. The molecular formula is C24H23N3O5. The van der Waals surface area contributed by atoms with E-state index in [1.54, 1.807) is 31.5 Å². The summed E-state index contributed by atoms with van der Waals surface area (Å²) in [6, 6.07) is 12.4. The Bertz CT molecular complexity index is 1400. The minimum Gasteiger partial charge on any atom is -0.497 e. The lowest BCUT2D eigenvalue weighted by molar-refractivity contribution is 0.0597. The number of methoxy groups -OCH3 is 3. The van der Waals surface area contributed by atoms with Crippen LogP contribution in [-0.2, 0) is 4.74 Å². The maximum Gasteiger partial charge on any atom is 0.341 e. The molecule has 0 fully saturated rings. The van der Waals surface area contributed by atoms with Crippen molar-refractivity contribution in [3.63, 3.8) is 0 Å². The van der Waals surface area contributed by atoms with Crippen LogP contribution < -0.4 is 15.0 Å². The number of fused-ring (bicyclic) bond motifs is 1. The average molecular weight is 433 g/mol. The van der Waals surface area contributed by atoms with E-state index in [1.807, 2.05) is 42.7 Å². The van der Waals surface area contributed by atoms with Gasteiger partial charge in [-0.1, -0.05) is 6.07 Å². The topological polar surface area (TPSA) is 84.6 Å². The zero-order valence-electron chi connectivity index (χ0n) is 18.5. The molecule has 32 heavy (non-hydrogen) atoms. The van der Waals surface area contributed by atoms with Gasteiger partial charge in [0, 0.05) is 34.6 Å². The van der Waals surface area contributed by atoms with Gasteiger partial charge in [-0.05, 0) is 38.1 Å². The van der Waals surface area contributed by atoms with Crippen molar-refractivity contribution < 1.29 is 19.0 Å². The third kappa shape index (κ3) is 3.30. The van der Waals surface area contributed by atoms with Gasteiger partial charge >= 0.3 is 5.97 Å². The molecule has 0 spiro atoms. The molecule has 4 aromatic rings. The van der Waals surface area contributed by atoms with E-state index in [9.17, 15) is 9.59 Å². The van der Waals surface area contributed by atoms with Crippen LogP contribution in [0.4, 0.5) is 0 Å². The fourth-order valence-corrected chi connectivity index (χ4v) is 3.97. The summed E-state index contributed by atoms with van der Waals surface area (Å²) in [6.07, 6.45) is 1.68. The highest BCUT2D eigenvalue weighted by Crippen LogP contribution is 2.28. The molecule has 0 aliphatic carbocycles. The highest BCUT2D eigenvalue weighted by atomic mass is 16.5. The van der Waals surface area contributed by atoms with Crippen LogP contribution >= 0.6 is 0 Å². The number of hydrogen-bond donors (Lipinski definition) is 0. The molecule has 0 saturated carbocycles. The van der Waals surface area contributed by atoms with Crippen molar-refractivity contribution in [2.45, 2.75) is 13.8 Å². The minimum atomic E-state index is -0.522. The molecule has 0 aliphatic heterocycles. The van der Waals surface area contributed by atoms with E-state index in [0.717, 1.165) is 28.2 Å². The molecule has 0 bridgehead atoms. The highest BCUT2D eigenvalue weighted by Gasteiger charge is 2.19. The quantitative estimate of drug-likeness (QED) is 0.447. The van der Waals surface area contributed by atoms with Crippen LogP contribution in [0, 0.1) is 13.8 Å². The second kappa shape index (κ2) is 8.22. The van der Waals surface area contributed by atoms with Crippen LogP contribution in [0.1, 0.15) is 21.7 Å². The normalized spacial score (nSPS) is 10.9. The molecule has 8 heteroatoms. The van der Waals surface area contributed by atoms with E-state index in [-0.39, 0.29) is 11.1 Å². The standard InChI is InChI=1S/C24H23N3O5/c1-14-20-13-25-27(17-9-10-19(24(29)32-5)21(12-17)31-4)23(28)22(20)15(2)26(14)16-7-6-8-18(11-16)30-3/h6-13H,1-5H3. The maximum absolute atomic E-state index is 13.5. The Morgan fingerprint density at radius 1 is 0.938 bits per heavy atom. The first-order valence-electron chi connectivity index (χ1n) is 9.92. The smallest absolute Gasteiger partial charge is 0.341 e. The Labute approximate surface area is 184 Å². The summed E-state index contributed by atoms with van der Waals surface area (Å²) >= 11 is 0. The molecular weight excluding hydrogens is 410 g/mol. The number of carbonyl (C=O) groups is 1. The lowest BCUT2D eigenvalue weighted by Crippen LogP contribution is -2.21. The third-order valence-corrected chi connectivity index (χ3v) is 5.55. The Morgan fingerprint density at radius 3 is 2.41 bits per heavy atom. The van der Waals surface area contributed by atoms with Crippen molar-refractivity contribution in [2.75, 3.05) is 21.3 Å². The summed E-state index contributed by atoms with van der Waals surface area (Å²) in [5.41, 5.74) is 3.08. The largest absolute Gasteiger partial charge is 0.497 e. The van der Waals surface area contributed by atoms with Gasteiger partial charge in [0.05, 0.1) is 38.6 Å². The van der Waals surface area contributed by atoms with Crippen LogP contribution in [0.3, 0.4) is 0 Å². The van der Waals surface area contributed by atoms with Crippen molar-refractivity contribution in [3.8, 4) is 22.9 Å². The number of carbonyl (C=O) groups excluding carboxylic acids is 1. The average Bonchev–Trinajstić information content (AvgIpc) is 3.08. The molecule has 2 heterocycles. The SMILES string of the molecule is COC(=O)c1ccc(-n2ncc3c(C)n(-c4cccc(OC)c4)c(C)c3c2=O)cc1OC. The molecule has 0 N–H and O–H groups in total. The highest BCUT2D eigenvalue weighted by molar-refractivity contribution is 5.93. The van der Waals surface area contributed by atoms with Crippen molar-refractivity contribution in [1.82, 2.24) is 14.3 Å². The van der Waals surface area contributed by atoms with E-state index >= 15 is 0 Å². The lowest BCUT2D eigenvalue weighted by Gasteiger charge is -2.10. The van der Waals surface area contributed by atoms with E-state index < -0.39 is 5.97 Å². The number of nitrogens with zero attached hydrogens (tertiary/aromatic N) is 3. The van der Waals surface area contributed by atoms with Gasteiger partial charge in [-0.25, -0.2) is 4.79 Å². The predicted octanol–water partition coefficient (Wildman–Crippen LogP) is 3.60. The van der Waals surface area contributed by atoms with Crippen molar-refractivity contribution >= 4 is 16.7 Å². The van der Waals surface area contributed by atoms with E-state index in [0.29, 0.717) is 16.8 Å². The molecule has 0 unspecified atom stereocenters. The van der Waals surface area contributed by atoms with Gasteiger partial charge in [0.1, 0.15) is 17.1 Å². The van der Waals surface area contributed by atoms with E-state index in [1.165, 1.54) is 18.9 Å². The molecule has 2 aromatic heterocycles. The summed E-state index contributed by atoms with van der Waals surface area (Å²) < 4.78 is 18.8. The molecule has 0 amide bonds. The predicted molar refractivity (Wildman–Crippen MR) is 121 cm³/mol. The minimum absolute atomic E-state index is 0.266. The van der Waals surface area contributed by atoms with E-state index in [4.69, 9.17) is 14.2 Å². The maximum atomic E-state index is 13.5. The van der Waals surface area contributed by atoms with Gasteiger partial charge < -0.3 is 18.8 Å². The van der Waals surface area contributed by atoms with Crippen molar-refractivity contribution in [3.05, 3.63) is 76.0 Å². The molecule has 0 radical (unpaired) electrons. The second-order valence-electron chi connectivity index (χ2n) is 7.23. The van der Waals surface area contributed by atoms with Gasteiger partial charge in [0.25, 0.3) is 5.56 Å². The molecule has 2 aromatic carbocycles. The Kier molecular flexibility index (Phi) is 5.44. The van der Waals surface area contributed by atoms with Crippen LogP contribution in [0.25, 0.3) is 22.1 Å². The molecule has 4 rings (SSSR count). The first-order valence-corrected chi connectivity index (χ1v) is 9.92. The summed E-state index contributed by atoms with van der Waals surface area (Å²) in [7, 11) is 4.37. The van der Waals surface area contributed by atoms with Gasteiger partial charge in [-0.15, -0.1) is 0 Å². The molecule has 0 atom stereocenters. The number of esters is 1. The van der Waals surface area contributed by atoms with Crippen LogP contribution in [0.5, 0.6) is 11.5 Å². The lowest BCUT2D eigenvalue weighted by atomic mass is 10.1. The Hall–Kier alpha value is -4.07.